The number of carbonyl (C=O) groups is 1. The molecule has 0 atom stereocenters. The number of hydrogen-bond donors (Lipinski definition) is 2. The maximum atomic E-state index is 12.1. The van der Waals surface area contributed by atoms with E-state index >= 15 is 0 Å². The fourth-order valence-electron chi connectivity index (χ4n) is 2.51. The first-order valence-corrected chi connectivity index (χ1v) is 8.49. The van der Waals surface area contributed by atoms with Crippen molar-refractivity contribution in [1.82, 2.24) is 5.32 Å². The number of nitrogens with zero attached hydrogens (tertiary/aromatic N) is 1. The predicted octanol–water partition coefficient (Wildman–Crippen LogP) is 4.54. The normalized spacial score (nSPS) is 11.0. The number of anilines is 2. The van der Waals surface area contributed by atoms with E-state index in [1.165, 1.54) is 12.1 Å². The van der Waals surface area contributed by atoms with Gasteiger partial charge in [-0.1, -0.05) is 12.1 Å². The molecule has 0 aliphatic rings. The average Bonchev–Trinajstić information content (AvgIpc) is 2.59. The predicted molar refractivity (Wildman–Crippen MR) is 99.2 cm³/mol. The van der Waals surface area contributed by atoms with Gasteiger partial charge >= 0.3 is 12.4 Å². The molecule has 8 heteroatoms. The lowest BCUT2D eigenvalue weighted by atomic mass is 10.2. The zero-order chi connectivity index (χ0) is 19.9. The van der Waals surface area contributed by atoms with Gasteiger partial charge in [0, 0.05) is 31.0 Å². The molecule has 0 saturated carbocycles. The molecule has 0 spiro atoms. The number of alkyl halides is 3. The number of amides is 2. The van der Waals surface area contributed by atoms with Crippen LogP contribution in [0.25, 0.3) is 0 Å². The molecule has 27 heavy (non-hydrogen) atoms. The lowest BCUT2D eigenvalue weighted by molar-refractivity contribution is -0.274. The molecule has 0 heterocycles. The van der Waals surface area contributed by atoms with Crippen molar-refractivity contribution in [2.24, 2.45) is 0 Å². The van der Waals surface area contributed by atoms with E-state index in [1.54, 1.807) is 0 Å². The molecule has 2 aromatic rings. The molecule has 5 nitrogen and oxygen atoms in total. The summed E-state index contributed by atoms with van der Waals surface area (Å²) in [6.45, 7) is 5.91. The second kappa shape index (κ2) is 9.16. The van der Waals surface area contributed by atoms with Crippen molar-refractivity contribution >= 4 is 17.4 Å². The topological polar surface area (TPSA) is 53.6 Å². The Kier molecular flexibility index (Phi) is 6.92. The minimum absolute atomic E-state index is 0.342. The lowest BCUT2D eigenvalue weighted by Gasteiger charge is -2.23. The number of carbonyl (C=O) groups excluding carboxylic acids is 1. The van der Waals surface area contributed by atoms with Crippen molar-refractivity contribution in [2.45, 2.75) is 20.2 Å². The van der Waals surface area contributed by atoms with E-state index in [0.717, 1.165) is 29.9 Å². The minimum atomic E-state index is -4.74. The molecule has 2 rings (SSSR count). The summed E-state index contributed by atoms with van der Waals surface area (Å²) in [6, 6.07) is 12.6. The second-order valence-electron chi connectivity index (χ2n) is 5.87. The van der Waals surface area contributed by atoms with Crippen LogP contribution in [0.3, 0.4) is 0 Å². The van der Waals surface area contributed by atoms with E-state index in [-0.39, 0.29) is 5.75 Å². The number of likely N-dealkylation sites (N-methyl/N-ethyl adjacent to an activating group) is 1. The third kappa shape index (κ3) is 7.08. The number of halogens is 3. The van der Waals surface area contributed by atoms with Crippen molar-refractivity contribution < 1.29 is 22.7 Å². The van der Waals surface area contributed by atoms with Gasteiger partial charge in [-0.2, -0.15) is 0 Å². The van der Waals surface area contributed by atoms with Crippen LogP contribution >= 0.6 is 0 Å². The van der Waals surface area contributed by atoms with Gasteiger partial charge in [-0.05, 0) is 55.8 Å². The van der Waals surface area contributed by atoms with E-state index in [2.05, 4.69) is 26.3 Å². The zero-order valence-corrected chi connectivity index (χ0v) is 15.1. The maximum absolute atomic E-state index is 12.1. The van der Waals surface area contributed by atoms with Crippen LogP contribution in [0.15, 0.2) is 48.5 Å². The molecule has 2 amide bonds. The van der Waals surface area contributed by atoms with Crippen LogP contribution in [-0.2, 0) is 0 Å². The Balaban J connectivity index is 1.80. The zero-order valence-electron chi connectivity index (χ0n) is 15.1. The van der Waals surface area contributed by atoms with Gasteiger partial charge < -0.3 is 20.3 Å². The van der Waals surface area contributed by atoms with Crippen LogP contribution in [0.1, 0.15) is 12.5 Å². The van der Waals surface area contributed by atoms with E-state index < -0.39 is 12.4 Å². The van der Waals surface area contributed by atoms with Gasteiger partial charge in [0.05, 0.1) is 0 Å². The number of aryl methyl sites for hydroxylation is 1. The largest absolute Gasteiger partial charge is 0.573 e. The summed E-state index contributed by atoms with van der Waals surface area (Å²) in [5, 5.41) is 5.30. The highest BCUT2D eigenvalue weighted by molar-refractivity contribution is 5.89. The van der Waals surface area contributed by atoms with Gasteiger partial charge in [0.15, 0.2) is 0 Å². The molecule has 146 valence electrons. The Morgan fingerprint density at radius 3 is 2.44 bits per heavy atom. The summed E-state index contributed by atoms with van der Waals surface area (Å²) in [4.78, 5) is 14.1. The van der Waals surface area contributed by atoms with Crippen molar-refractivity contribution in [3.63, 3.8) is 0 Å². The Bertz CT molecular complexity index is 749. The fourth-order valence-corrected chi connectivity index (χ4v) is 2.51. The highest BCUT2D eigenvalue weighted by atomic mass is 19.4. The van der Waals surface area contributed by atoms with Crippen molar-refractivity contribution in [1.29, 1.82) is 0 Å². The molecule has 0 aromatic heterocycles. The van der Waals surface area contributed by atoms with Gasteiger partial charge in [0.2, 0.25) is 0 Å². The number of hydrogen-bond acceptors (Lipinski definition) is 3. The first-order valence-electron chi connectivity index (χ1n) is 8.49. The standard InChI is InChI=1S/C19H22F3N3O2/c1-3-25(16-6-4-5-14(2)13-16)12-11-23-18(26)24-15-7-9-17(10-8-15)27-19(20,21)22/h4-10,13H,3,11-12H2,1-2H3,(H2,23,24,26). The molecule has 0 fully saturated rings. The van der Waals surface area contributed by atoms with Gasteiger partial charge in [0.25, 0.3) is 0 Å². The summed E-state index contributed by atoms with van der Waals surface area (Å²) < 4.78 is 40.2. The van der Waals surface area contributed by atoms with E-state index in [9.17, 15) is 18.0 Å². The molecular formula is C19H22F3N3O2. The summed E-state index contributed by atoms with van der Waals surface area (Å²) in [6.07, 6.45) is -4.74. The summed E-state index contributed by atoms with van der Waals surface area (Å²) in [5.41, 5.74) is 2.61. The number of urea groups is 1. The lowest BCUT2D eigenvalue weighted by Crippen LogP contribution is -2.37. The maximum Gasteiger partial charge on any atom is 0.573 e. The first kappa shape index (κ1) is 20.4. The summed E-state index contributed by atoms with van der Waals surface area (Å²) in [7, 11) is 0. The monoisotopic (exact) mass is 381 g/mol. The molecule has 0 saturated heterocycles. The quantitative estimate of drug-likeness (QED) is 0.740. The summed E-state index contributed by atoms with van der Waals surface area (Å²) >= 11 is 0. The Labute approximate surface area is 156 Å². The van der Waals surface area contributed by atoms with Crippen LogP contribution in [0, 0.1) is 6.92 Å². The van der Waals surface area contributed by atoms with Crippen LogP contribution in [-0.4, -0.2) is 32.0 Å². The van der Waals surface area contributed by atoms with Gasteiger partial charge in [-0.3, -0.25) is 0 Å². The number of rotatable bonds is 7. The minimum Gasteiger partial charge on any atom is -0.406 e. The van der Waals surface area contributed by atoms with Gasteiger partial charge in [-0.15, -0.1) is 13.2 Å². The van der Waals surface area contributed by atoms with Crippen LogP contribution in [0.5, 0.6) is 5.75 Å². The first-order chi connectivity index (χ1) is 12.8. The Morgan fingerprint density at radius 2 is 1.85 bits per heavy atom. The second-order valence-corrected chi connectivity index (χ2v) is 5.87. The van der Waals surface area contributed by atoms with Gasteiger partial charge in [-0.25, -0.2) is 4.79 Å². The van der Waals surface area contributed by atoms with Crippen molar-refractivity contribution in [2.75, 3.05) is 29.9 Å². The average molecular weight is 381 g/mol. The third-order valence-electron chi connectivity index (χ3n) is 3.76. The van der Waals surface area contributed by atoms with Crippen molar-refractivity contribution in [3.8, 4) is 5.75 Å². The molecule has 0 radical (unpaired) electrons. The molecule has 0 bridgehead atoms. The molecule has 0 unspecified atom stereocenters. The molecule has 0 aliphatic heterocycles. The molecular weight excluding hydrogens is 359 g/mol. The third-order valence-corrected chi connectivity index (χ3v) is 3.76. The molecule has 2 N–H and O–H groups in total. The van der Waals surface area contributed by atoms with Crippen LogP contribution in [0.4, 0.5) is 29.3 Å². The Morgan fingerprint density at radius 1 is 1.15 bits per heavy atom. The van der Waals surface area contributed by atoms with E-state index in [4.69, 9.17) is 0 Å². The highest BCUT2D eigenvalue weighted by Crippen LogP contribution is 2.23. The highest BCUT2D eigenvalue weighted by Gasteiger charge is 2.30. The Hall–Kier alpha value is -2.90. The van der Waals surface area contributed by atoms with Crippen molar-refractivity contribution in [3.05, 3.63) is 54.1 Å². The van der Waals surface area contributed by atoms with E-state index in [1.807, 2.05) is 32.0 Å². The summed E-state index contributed by atoms with van der Waals surface area (Å²) in [5.74, 6) is -0.342. The number of nitrogens with one attached hydrogen (secondary N) is 2. The number of benzene rings is 2. The molecule has 2 aromatic carbocycles. The van der Waals surface area contributed by atoms with Gasteiger partial charge in [0.1, 0.15) is 5.75 Å². The number of ether oxygens (including phenoxy) is 1. The van der Waals surface area contributed by atoms with E-state index in [0.29, 0.717) is 18.8 Å². The molecule has 0 aliphatic carbocycles. The van der Waals surface area contributed by atoms with Crippen LogP contribution < -0.4 is 20.3 Å². The fraction of sp³-hybridized carbons (Fsp3) is 0.316. The smallest absolute Gasteiger partial charge is 0.406 e. The SMILES string of the molecule is CCN(CCNC(=O)Nc1ccc(OC(F)(F)F)cc1)c1cccc(C)c1. The van der Waals surface area contributed by atoms with Crippen LogP contribution in [0.2, 0.25) is 0 Å².